The van der Waals surface area contributed by atoms with Crippen LogP contribution in [0, 0.1) is 0 Å². The lowest BCUT2D eigenvalue weighted by Crippen LogP contribution is -2.01. The van der Waals surface area contributed by atoms with E-state index in [0.717, 1.165) is 12.5 Å². The van der Waals surface area contributed by atoms with Crippen LogP contribution in [-0.4, -0.2) is 35.4 Å². The van der Waals surface area contributed by atoms with Gasteiger partial charge in [-0.15, -0.1) is 0 Å². The number of carbonyl (C=O) groups excluding carboxylic acids is 2. The third-order valence-electron chi connectivity index (χ3n) is 1.54. The minimum atomic E-state index is -0.336. The molecule has 18 heavy (non-hydrogen) atoms. The van der Waals surface area contributed by atoms with E-state index in [1.165, 1.54) is 0 Å². The first kappa shape index (κ1) is 18.7. The van der Waals surface area contributed by atoms with E-state index < -0.39 is 0 Å². The lowest BCUT2D eigenvalue weighted by molar-refractivity contribution is -0.140. The van der Waals surface area contributed by atoms with Crippen LogP contribution >= 0.6 is 0 Å². The van der Waals surface area contributed by atoms with Crippen LogP contribution in [0.1, 0.15) is 25.7 Å². The molecule has 0 heterocycles. The van der Waals surface area contributed by atoms with Gasteiger partial charge in [-0.1, -0.05) is 13.2 Å². The second-order valence-electron chi connectivity index (χ2n) is 2.97. The van der Waals surface area contributed by atoms with E-state index in [1.54, 1.807) is 0 Å². The highest BCUT2D eigenvalue weighted by Crippen LogP contribution is 2.02. The molecular formula is C12H20O6. The quantitative estimate of drug-likeness (QED) is 0.382. The zero-order valence-electron chi connectivity index (χ0n) is 10.3. The fraction of sp³-hybridized carbons (Fsp3) is 0.500. The summed E-state index contributed by atoms with van der Waals surface area (Å²) in [5, 5.41) is 15.2. The average molecular weight is 260 g/mol. The maximum atomic E-state index is 10.8. The first-order chi connectivity index (χ1) is 8.62. The molecule has 0 amide bonds. The minimum absolute atomic E-state index is 0.125. The molecule has 2 N–H and O–H groups in total. The maximum absolute atomic E-state index is 10.8. The molecular weight excluding hydrogens is 240 g/mol. The van der Waals surface area contributed by atoms with E-state index in [4.69, 9.17) is 10.2 Å². The summed E-state index contributed by atoms with van der Waals surface area (Å²) >= 11 is 0. The topological polar surface area (TPSA) is 93.1 Å². The Morgan fingerprint density at radius 3 is 1.44 bits per heavy atom. The Kier molecular flexibility index (Phi) is 15.9. The van der Waals surface area contributed by atoms with Crippen LogP contribution < -0.4 is 0 Å². The average Bonchev–Trinajstić information content (AvgIpc) is 2.36. The fourth-order valence-electron chi connectivity index (χ4n) is 0.842. The number of hydrogen-bond acceptors (Lipinski definition) is 6. The van der Waals surface area contributed by atoms with Crippen LogP contribution in [0.5, 0.6) is 0 Å². The van der Waals surface area contributed by atoms with Gasteiger partial charge in [0.15, 0.2) is 0 Å². The molecule has 0 radical (unpaired) electrons. The van der Waals surface area contributed by atoms with Gasteiger partial charge in [0.1, 0.15) is 0 Å². The van der Waals surface area contributed by atoms with Crippen LogP contribution in [0.25, 0.3) is 0 Å². The molecule has 0 aliphatic rings. The van der Waals surface area contributed by atoms with Crippen molar-refractivity contribution in [1.82, 2.24) is 0 Å². The van der Waals surface area contributed by atoms with E-state index in [-0.39, 0.29) is 38.0 Å². The smallest absolute Gasteiger partial charge is 0.310 e. The number of aliphatic hydroxyl groups excluding tert-OH is 2. The summed E-state index contributed by atoms with van der Waals surface area (Å²) < 4.78 is 8.98. The van der Waals surface area contributed by atoms with E-state index in [0.29, 0.717) is 12.8 Å². The van der Waals surface area contributed by atoms with Gasteiger partial charge >= 0.3 is 11.9 Å². The van der Waals surface area contributed by atoms with Gasteiger partial charge < -0.3 is 19.7 Å². The molecule has 0 aliphatic carbocycles. The number of hydrogen-bond donors (Lipinski definition) is 2. The lowest BCUT2D eigenvalue weighted by Gasteiger charge is -1.99. The summed E-state index contributed by atoms with van der Waals surface area (Å²) in [7, 11) is 0. The Bertz CT molecular complexity index is 223. The van der Waals surface area contributed by atoms with Crippen molar-refractivity contribution in [2.75, 3.05) is 13.2 Å². The second-order valence-corrected chi connectivity index (χ2v) is 2.97. The van der Waals surface area contributed by atoms with Crippen molar-refractivity contribution in [2.45, 2.75) is 25.7 Å². The standard InChI is InChI=1S/C10H14O4.C2H6O2/c1-3-13-9(11)7-5-6-8-10(12)14-4-2;3-1-2-4/h3-4H,1-2,5-8H2;3-4H,1-2H2. The molecule has 0 aromatic carbocycles. The van der Waals surface area contributed by atoms with Crippen LogP contribution in [0.2, 0.25) is 0 Å². The summed E-state index contributed by atoms with van der Waals surface area (Å²) in [6, 6.07) is 0. The van der Waals surface area contributed by atoms with Gasteiger partial charge in [0.25, 0.3) is 0 Å². The third-order valence-corrected chi connectivity index (χ3v) is 1.54. The predicted octanol–water partition coefficient (Wildman–Crippen LogP) is 0.891. The van der Waals surface area contributed by atoms with Crippen molar-refractivity contribution in [1.29, 1.82) is 0 Å². The van der Waals surface area contributed by atoms with Crippen LogP contribution in [0.15, 0.2) is 25.7 Å². The first-order valence-corrected chi connectivity index (χ1v) is 5.44. The van der Waals surface area contributed by atoms with Crippen molar-refractivity contribution < 1.29 is 29.3 Å². The third kappa shape index (κ3) is 16.8. The molecule has 0 aromatic rings. The molecule has 0 rings (SSSR count). The molecule has 104 valence electrons. The SMILES string of the molecule is C=COC(=O)CCCCC(=O)OC=C.OCCO. The molecule has 0 saturated heterocycles. The Morgan fingerprint density at radius 2 is 1.22 bits per heavy atom. The number of unbranched alkanes of at least 4 members (excludes halogenated alkanes) is 1. The number of ether oxygens (including phenoxy) is 2. The minimum Gasteiger partial charge on any atom is -0.435 e. The Hall–Kier alpha value is -1.66. The summed E-state index contributed by atoms with van der Waals surface area (Å²) in [5.41, 5.74) is 0. The first-order valence-electron chi connectivity index (χ1n) is 5.44. The van der Waals surface area contributed by atoms with Gasteiger partial charge in [-0.2, -0.15) is 0 Å². The van der Waals surface area contributed by atoms with Gasteiger partial charge in [-0.25, -0.2) is 0 Å². The van der Waals surface area contributed by atoms with E-state index >= 15 is 0 Å². The number of aliphatic hydroxyl groups is 2. The number of carbonyl (C=O) groups is 2. The normalized spacial score (nSPS) is 8.56. The monoisotopic (exact) mass is 260 g/mol. The van der Waals surface area contributed by atoms with Crippen LogP contribution in [0.3, 0.4) is 0 Å². The van der Waals surface area contributed by atoms with Crippen molar-refractivity contribution in [3.05, 3.63) is 25.7 Å². The molecule has 0 aromatic heterocycles. The highest BCUT2D eigenvalue weighted by Gasteiger charge is 2.03. The van der Waals surface area contributed by atoms with Crippen molar-refractivity contribution in [3.63, 3.8) is 0 Å². The van der Waals surface area contributed by atoms with Gasteiger partial charge in [0.2, 0.25) is 0 Å². The van der Waals surface area contributed by atoms with Crippen LogP contribution in [0.4, 0.5) is 0 Å². The van der Waals surface area contributed by atoms with Gasteiger partial charge in [-0.3, -0.25) is 9.59 Å². The fourth-order valence-corrected chi connectivity index (χ4v) is 0.842. The predicted molar refractivity (Wildman–Crippen MR) is 65.2 cm³/mol. The number of esters is 2. The summed E-state index contributed by atoms with van der Waals surface area (Å²) in [6.07, 6.45) is 3.95. The highest BCUT2D eigenvalue weighted by atomic mass is 16.5. The number of rotatable bonds is 8. The van der Waals surface area contributed by atoms with Crippen LogP contribution in [-0.2, 0) is 19.1 Å². The van der Waals surface area contributed by atoms with E-state index in [9.17, 15) is 9.59 Å². The molecule has 6 heteroatoms. The Labute approximate surface area is 107 Å². The molecule has 0 saturated carbocycles. The zero-order chi connectivity index (χ0) is 14.2. The summed E-state index contributed by atoms with van der Waals surface area (Å²) in [4.78, 5) is 21.6. The summed E-state index contributed by atoms with van der Waals surface area (Å²) in [6.45, 7) is 6.26. The van der Waals surface area contributed by atoms with Gasteiger partial charge in [-0.05, 0) is 12.8 Å². The Morgan fingerprint density at radius 1 is 0.889 bits per heavy atom. The Balaban J connectivity index is 0. The zero-order valence-corrected chi connectivity index (χ0v) is 10.3. The summed E-state index contributed by atoms with van der Waals surface area (Å²) in [5.74, 6) is -0.672. The van der Waals surface area contributed by atoms with Crippen molar-refractivity contribution in [2.24, 2.45) is 0 Å². The largest absolute Gasteiger partial charge is 0.435 e. The molecule has 0 spiro atoms. The molecule has 0 fully saturated rings. The molecule has 0 aliphatic heterocycles. The van der Waals surface area contributed by atoms with E-state index in [2.05, 4.69) is 22.6 Å². The van der Waals surface area contributed by atoms with Crippen molar-refractivity contribution in [3.8, 4) is 0 Å². The van der Waals surface area contributed by atoms with Gasteiger partial charge in [0.05, 0.1) is 25.7 Å². The molecule has 0 unspecified atom stereocenters. The highest BCUT2D eigenvalue weighted by molar-refractivity contribution is 5.71. The maximum Gasteiger partial charge on any atom is 0.310 e. The molecule has 0 atom stereocenters. The van der Waals surface area contributed by atoms with E-state index in [1.807, 2.05) is 0 Å². The molecule has 6 nitrogen and oxygen atoms in total. The van der Waals surface area contributed by atoms with Crippen molar-refractivity contribution >= 4 is 11.9 Å². The molecule has 0 bridgehead atoms. The van der Waals surface area contributed by atoms with Gasteiger partial charge in [0, 0.05) is 12.8 Å². The second kappa shape index (κ2) is 15.3. The lowest BCUT2D eigenvalue weighted by atomic mass is 10.2.